The van der Waals surface area contributed by atoms with Gasteiger partial charge in [-0.05, 0) is 37.1 Å². The third-order valence-electron chi connectivity index (χ3n) is 3.87. The average Bonchev–Trinajstić information content (AvgIpc) is 2.56. The molecular formula is C17H19N3O2. The summed E-state index contributed by atoms with van der Waals surface area (Å²) in [6.07, 6.45) is 4.42. The van der Waals surface area contributed by atoms with Crippen LogP contribution in [-0.2, 0) is 0 Å². The van der Waals surface area contributed by atoms with Gasteiger partial charge in [0.2, 0.25) is 0 Å². The number of anilines is 2. The van der Waals surface area contributed by atoms with Gasteiger partial charge in [-0.2, -0.15) is 0 Å². The first-order valence-corrected chi connectivity index (χ1v) is 7.47. The summed E-state index contributed by atoms with van der Waals surface area (Å²) in [6, 6.07) is 11.2. The van der Waals surface area contributed by atoms with Gasteiger partial charge >= 0.3 is 0 Å². The maximum absolute atomic E-state index is 12.7. The second-order valence-corrected chi connectivity index (χ2v) is 5.43. The number of nitrogens with zero attached hydrogens (tertiary/aromatic N) is 2. The molecule has 2 aromatic rings. The van der Waals surface area contributed by atoms with E-state index in [2.05, 4.69) is 10.3 Å². The Morgan fingerprint density at radius 2 is 1.82 bits per heavy atom. The third kappa shape index (κ3) is 3.26. The lowest BCUT2D eigenvalue weighted by Gasteiger charge is -2.30. The van der Waals surface area contributed by atoms with Gasteiger partial charge in [0.15, 0.2) is 0 Å². The number of hydrogen-bond acceptors (Lipinski definition) is 4. The summed E-state index contributed by atoms with van der Waals surface area (Å²) in [5.41, 5.74) is 2.32. The molecule has 5 nitrogen and oxygen atoms in total. The molecule has 0 radical (unpaired) electrons. The Balaban J connectivity index is 1.80. The van der Waals surface area contributed by atoms with Crippen molar-refractivity contribution in [1.29, 1.82) is 0 Å². The Labute approximate surface area is 129 Å². The number of para-hydroxylation sites is 1. The second kappa shape index (κ2) is 6.58. The standard InChI is InChI=1S/C17H19N3O2/c21-14-7-11-20(12-8-14)17(22)15-3-1-2-4-16(15)19-13-5-9-18-10-6-13/h1-6,9-10,14,21H,7-8,11-12H2,(H,18,19). The van der Waals surface area contributed by atoms with E-state index in [1.54, 1.807) is 17.3 Å². The number of benzene rings is 1. The molecule has 0 bridgehead atoms. The molecule has 5 heteroatoms. The van der Waals surface area contributed by atoms with E-state index >= 15 is 0 Å². The van der Waals surface area contributed by atoms with Crippen molar-refractivity contribution in [2.45, 2.75) is 18.9 Å². The SMILES string of the molecule is O=C(c1ccccc1Nc1ccncc1)N1CCC(O)CC1. The van der Waals surface area contributed by atoms with E-state index in [1.165, 1.54) is 0 Å². The van der Waals surface area contributed by atoms with E-state index in [4.69, 9.17) is 0 Å². The van der Waals surface area contributed by atoms with Gasteiger partial charge in [0.25, 0.3) is 5.91 Å². The van der Waals surface area contributed by atoms with Gasteiger partial charge in [-0.1, -0.05) is 12.1 Å². The average molecular weight is 297 g/mol. The maximum Gasteiger partial charge on any atom is 0.255 e. The van der Waals surface area contributed by atoms with E-state index in [0.717, 1.165) is 11.4 Å². The van der Waals surface area contributed by atoms with Crippen molar-refractivity contribution in [3.8, 4) is 0 Å². The van der Waals surface area contributed by atoms with Crippen LogP contribution in [0, 0.1) is 0 Å². The van der Waals surface area contributed by atoms with Crippen LogP contribution in [-0.4, -0.2) is 40.1 Å². The highest BCUT2D eigenvalue weighted by Gasteiger charge is 2.23. The fourth-order valence-corrected chi connectivity index (χ4v) is 2.61. The first-order chi connectivity index (χ1) is 10.7. The van der Waals surface area contributed by atoms with Crippen LogP contribution >= 0.6 is 0 Å². The number of carbonyl (C=O) groups excluding carboxylic acids is 1. The number of piperidine rings is 1. The summed E-state index contributed by atoms with van der Waals surface area (Å²) in [4.78, 5) is 18.5. The van der Waals surface area contributed by atoms with Crippen LogP contribution in [0.3, 0.4) is 0 Å². The Kier molecular flexibility index (Phi) is 4.34. The lowest BCUT2D eigenvalue weighted by Crippen LogP contribution is -2.40. The van der Waals surface area contributed by atoms with Gasteiger partial charge < -0.3 is 15.3 Å². The molecule has 114 valence electrons. The maximum atomic E-state index is 12.7. The largest absolute Gasteiger partial charge is 0.393 e. The van der Waals surface area contributed by atoms with Crippen LogP contribution in [0.1, 0.15) is 23.2 Å². The first-order valence-electron chi connectivity index (χ1n) is 7.47. The molecule has 1 aliphatic rings. The molecule has 1 amide bonds. The molecule has 0 spiro atoms. The zero-order chi connectivity index (χ0) is 15.4. The van der Waals surface area contributed by atoms with Crippen molar-refractivity contribution in [2.75, 3.05) is 18.4 Å². The van der Waals surface area contributed by atoms with Crippen LogP contribution in [0.5, 0.6) is 0 Å². The van der Waals surface area contributed by atoms with Gasteiger partial charge in [0.05, 0.1) is 17.4 Å². The summed E-state index contributed by atoms with van der Waals surface area (Å²) in [5, 5.41) is 12.8. The molecule has 2 N–H and O–H groups in total. The van der Waals surface area contributed by atoms with Crippen LogP contribution in [0.15, 0.2) is 48.8 Å². The highest BCUT2D eigenvalue weighted by Crippen LogP contribution is 2.23. The number of aromatic nitrogens is 1. The minimum atomic E-state index is -0.283. The second-order valence-electron chi connectivity index (χ2n) is 5.43. The number of aliphatic hydroxyl groups is 1. The molecule has 0 saturated carbocycles. The minimum absolute atomic E-state index is 0.00376. The number of likely N-dealkylation sites (tertiary alicyclic amines) is 1. The van der Waals surface area contributed by atoms with Crippen LogP contribution < -0.4 is 5.32 Å². The van der Waals surface area contributed by atoms with Crippen molar-refractivity contribution >= 4 is 17.3 Å². The molecule has 0 atom stereocenters. The molecule has 1 aromatic heterocycles. The quantitative estimate of drug-likeness (QED) is 0.913. The number of rotatable bonds is 3. The Hall–Kier alpha value is -2.40. The van der Waals surface area contributed by atoms with Crippen molar-refractivity contribution in [2.24, 2.45) is 0 Å². The zero-order valence-corrected chi connectivity index (χ0v) is 12.3. The molecule has 1 fully saturated rings. The Morgan fingerprint density at radius 3 is 2.55 bits per heavy atom. The lowest BCUT2D eigenvalue weighted by atomic mass is 10.1. The first kappa shape index (κ1) is 14.5. The van der Waals surface area contributed by atoms with E-state index in [-0.39, 0.29) is 12.0 Å². The van der Waals surface area contributed by atoms with Gasteiger partial charge in [0.1, 0.15) is 0 Å². The number of pyridine rings is 1. The van der Waals surface area contributed by atoms with Crippen LogP contribution in [0.2, 0.25) is 0 Å². The van der Waals surface area contributed by atoms with Crippen molar-refractivity contribution in [1.82, 2.24) is 9.88 Å². The summed E-state index contributed by atoms with van der Waals surface area (Å²) in [5.74, 6) is 0.00376. The predicted molar refractivity (Wildman–Crippen MR) is 85.1 cm³/mol. The van der Waals surface area contributed by atoms with E-state index < -0.39 is 0 Å². The summed E-state index contributed by atoms with van der Waals surface area (Å²) < 4.78 is 0. The van der Waals surface area contributed by atoms with Gasteiger partial charge in [-0.25, -0.2) is 0 Å². The molecule has 1 aliphatic heterocycles. The number of nitrogens with one attached hydrogen (secondary N) is 1. The van der Waals surface area contributed by atoms with Gasteiger partial charge in [-0.3, -0.25) is 9.78 Å². The van der Waals surface area contributed by atoms with Crippen LogP contribution in [0.4, 0.5) is 11.4 Å². The summed E-state index contributed by atoms with van der Waals surface area (Å²) >= 11 is 0. The van der Waals surface area contributed by atoms with E-state index in [9.17, 15) is 9.90 Å². The zero-order valence-electron chi connectivity index (χ0n) is 12.3. The van der Waals surface area contributed by atoms with Crippen molar-refractivity contribution < 1.29 is 9.90 Å². The van der Waals surface area contributed by atoms with Crippen molar-refractivity contribution in [3.05, 3.63) is 54.4 Å². The summed E-state index contributed by atoms with van der Waals surface area (Å²) in [7, 11) is 0. The number of carbonyl (C=O) groups is 1. The monoisotopic (exact) mass is 297 g/mol. The normalized spacial score (nSPS) is 15.6. The minimum Gasteiger partial charge on any atom is -0.393 e. The van der Waals surface area contributed by atoms with E-state index in [1.807, 2.05) is 36.4 Å². The Bertz CT molecular complexity index is 637. The molecule has 1 saturated heterocycles. The van der Waals surface area contributed by atoms with Gasteiger partial charge in [-0.15, -0.1) is 0 Å². The topological polar surface area (TPSA) is 65.5 Å². The number of aliphatic hydroxyl groups excluding tert-OH is 1. The van der Waals surface area contributed by atoms with Gasteiger partial charge in [0, 0.05) is 31.2 Å². The fraction of sp³-hybridized carbons (Fsp3) is 0.294. The number of hydrogen-bond donors (Lipinski definition) is 2. The molecular weight excluding hydrogens is 278 g/mol. The molecule has 1 aromatic carbocycles. The molecule has 2 heterocycles. The highest BCUT2D eigenvalue weighted by molar-refractivity contribution is 6.00. The van der Waals surface area contributed by atoms with Crippen LogP contribution in [0.25, 0.3) is 0 Å². The molecule has 22 heavy (non-hydrogen) atoms. The molecule has 3 rings (SSSR count). The molecule has 0 unspecified atom stereocenters. The van der Waals surface area contributed by atoms with E-state index in [0.29, 0.717) is 31.5 Å². The lowest BCUT2D eigenvalue weighted by molar-refractivity contribution is 0.0547. The number of amides is 1. The predicted octanol–water partition coefficient (Wildman–Crippen LogP) is 2.42. The Morgan fingerprint density at radius 1 is 1.14 bits per heavy atom. The van der Waals surface area contributed by atoms with Crippen molar-refractivity contribution in [3.63, 3.8) is 0 Å². The third-order valence-corrected chi connectivity index (χ3v) is 3.87. The smallest absolute Gasteiger partial charge is 0.255 e. The summed E-state index contributed by atoms with van der Waals surface area (Å²) in [6.45, 7) is 1.20. The fourth-order valence-electron chi connectivity index (χ4n) is 2.61. The molecule has 0 aliphatic carbocycles. The highest BCUT2D eigenvalue weighted by atomic mass is 16.3.